The van der Waals surface area contributed by atoms with E-state index in [1.165, 1.54) is 12.8 Å². The van der Waals surface area contributed by atoms with Crippen LogP contribution in [0.3, 0.4) is 0 Å². The molecule has 126 valence electrons. The maximum absolute atomic E-state index is 12.7. The van der Waals surface area contributed by atoms with E-state index in [0.717, 1.165) is 12.8 Å². The second kappa shape index (κ2) is 6.66. The monoisotopic (exact) mass is 320 g/mol. The highest BCUT2D eigenvalue weighted by molar-refractivity contribution is 5.98. The van der Waals surface area contributed by atoms with Gasteiger partial charge < -0.3 is 24.8 Å². The minimum atomic E-state index is -0.130. The van der Waals surface area contributed by atoms with Crippen molar-refractivity contribution in [1.29, 1.82) is 0 Å². The fourth-order valence-electron chi connectivity index (χ4n) is 3.64. The van der Waals surface area contributed by atoms with Gasteiger partial charge in [0.2, 0.25) is 0 Å². The largest absolute Gasteiger partial charge is 0.496 e. The Labute approximate surface area is 136 Å². The molecule has 2 saturated heterocycles. The van der Waals surface area contributed by atoms with Crippen molar-refractivity contribution in [2.24, 2.45) is 0 Å². The zero-order valence-corrected chi connectivity index (χ0v) is 13.8. The number of amides is 1. The molecule has 2 aliphatic rings. The summed E-state index contributed by atoms with van der Waals surface area (Å²) in [5.74, 6) is 1.41. The van der Waals surface area contributed by atoms with Crippen molar-refractivity contribution in [3.05, 3.63) is 17.7 Å². The van der Waals surface area contributed by atoms with Crippen molar-refractivity contribution < 1.29 is 19.0 Å². The lowest BCUT2D eigenvalue weighted by Gasteiger charge is -2.29. The lowest BCUT2D eigenvalue weighted by Crippen LogP contribution is -2.48. The molecule has 6 heteroatoms. The SMILES string of the molecule is COc1cc(OC)c(C(=O)NC2CC3CCC(C2)N3)cc1OC. The van der Waals surface area contributed by atoms with Gasteiger partial charge in [-0.1, -0.05) is 0 Å². The standard InChI is InChI=1S/C17H24N2O4/c1-21-14-9-16(23-3)15(22-2)8-13(14)17(20)19-12-6-10-4-5-11(7-12)18-10/h8-12,18H,4-7H2,1-3H3,(H,19,20). The van der Waals surface area contributed by atoms with Crippen molar-refractivity contribution >= 4 is 5.91 Å². The topological polar surface area (TPSA) is 68.8 Å². The molecule has 23 heavy (non-hydrogen) atoms. The summed E-state index contributed by atoms with van der Waals surface area (Å²) in [7, 11) is 4.65. The molecule has 1 aromatic rings. The molecule has 0 spiro atoms. The Morgan fingerprint density at radius 2 is 1.57 bits per heavy atom. The van der Waals surface area contributed by atoms with E-state index in [0.29, 0.717) is 34.9 Å². The first kappa shape index (κ1) is 15.9. The molecule has 1 amide bonds. The number of hydrogen-bond acceptors (Lipinski definition) is 5. The second-order valence-corrected chi connectivity index (χ2v) is 6.19. The summed E-state index contributed by atoms with van der Waals surface area (Å²) in [5.41, 5.74) is 0.469. The maximum Gasteiger partial charge on any atom is 0.255 e. The first-order chi connectivity index (χ1) is 11.1. The van der Waals surface area contributed by atoms with E-state index in [1.807, 2.05) is 0 Å². The molecule has 0 saturated carbocycles. The fourth-order valence-corrected chi connectivity index (χ4v) is 3.64. The van der Waals surface area contributed by atoms with Crippen LogP contribution in [0.25, 0.3) is 0 Å². The Balaban J connectivity index is 1.78. The maximum atomic E-state index is 12.7. The molecule has 2 bridgehead atoms. The van der Waals surface area contributed by atoms with Gasteiger partial charge in [0.25, 0.3) is 5.91 Å². The molecular weight excluding hydrogens is 296 g/mol. The van der Waals surface area contributed by atoms with Crippen LogP contribution in [0.2, 0.25) is 0 Å². The van der Waals surface area contributed by atoms with E-state index < -0.39 is 0 Å². The normalized spacial score (nSPS) is 25.8. The Morgan fingerprint density at radius 3 is 2.13 bits per heavy atom. The van der Waals surface area contributed by atoms with Crippen LogP contribution in [0.5, 0.6) is 17.2 Å². The molecule has 0 radical (unpaired) electrons. The summed E-state index contributed by atoms with van der Waals surface area (Å²) in [6.07, 6.45) is 4.38. The van der Waals surface area contributed by atoms with Crippen molar-refractivity contribution in [2.75, 3.05) is 21.3 Å². The van der Waals surface area contributed by atoms with Gasteiger partial charge in [0, 0.05) is 30.3 Å². The van der Waals surface area contributed by atoms with E-state index in [9.17, 15) is 4.79 Å². The third-order valence-corrected chi connectivity index (χ3v) is 4.76. The lowest BCUT2D eigenvalue weighted by molar-refractivity contribution is 0.0920. The van der Waals surface area contributed by atoms with Crippen molar-refractivity contribution in [1.82, 2.24) is 10.6 Å². The molecule has 1 aromatic carbocycles. The lowest BCUT2D eigenvalue weighted by atomic mass is 9.99. The van der Waals surface area contributed by atoms with Gasteiger partial charge in [-0.15, -0.1) is 0 Å². The van der Waals surface area contributed by atoms with Crippen LogP contribution in [0, 0.1) is 0 Å². The highest BCUT2D eigenvalue weighted by atomic mass is 16.5. The van der Waals surface area contributed by atoms with Gasteiger partial charge in [0.05, 0.1) is 26.9 Å². The van der Waals surface area contributed by atoms with Crippen molar-refractivity contribution in [3.63, 3.8) is 0 Å². The zero-order valence-electron chi connectivity index (χ0n) is 13.8. The van der Waals surface area contributed by atoms with E-state index in [1.54, 1.807) is 33.5 Å². The molecule has 2 fully saturated rings. The van der Waals surface area contributed by atoms with Crippen LogP contribution in [0.4, 0.5) is 0 Å². The average Bonchev–Trinajstić information content (AvgIpc) is 2.91. The van der Waals surface area contributed by atoms with Crippen LogP contribution in [-0.2, 0) is 0 Å². The number of fused-ring (bicyclic) bond motifs is 2. The van der Waals surface area contributed by atoms with Crippen LogP contribution in [0.15, 0.2) is 12.1 Å². The number of rotatable bonds is 5. The second-order valence-electron chi connectivity index (χ2n) is 6.19. The molecule has 3 rings (SSSR count). The first-order valence-corrected chi connectivity index (χ1v) is 8.01. The van der Waals surface area contributed by atoms with Crippen molar-refractivity contribution in [3.8, 4) is 17.2 Å². The van der Waals surface area contributed by atoms with E-state index in [2.05, 4.69) is 10.6 Å². The summed E-state index contributed by atoms with van der Waals surface area (Å²) in [4.78, 5) is 12.7. The number of hydrogen-bond donors (Lipinski definition) is 2. The molecule has 6 nitrogen and oxygen atoms in total. The Kier molecular flexibility index (Phi) is 4.61. The smallest absolute Gasteiger partial charge is 0.255 e. The predicted molar refractivity (Wildman–Crippen MR) is 86.5 cm³/mol. The Morgan fingerprint density at radius 1 is 1.00 bits per heavy atom. The van der Waals surface area contributed by atoms with Crippen molar-refractivity contribution in [2.45, 2.75) is 43.8 Å². The predicted octanol–water partition coefficient (Wildman–Crippen LogP) is 1.73. The number of methoxy groups -OCH3 is 3. The molecule has 0 aliphatic carbocycles. The van der Waals surface area contributed by atoms with Crippen LogP contribution in [-0.4, -0.2) is 45.4 Å². The molecule has 2 N–H and O–H groups in total. The van der Waals surface area contributed by atoms with Gasteiger partial charge in [-0.2, -0.15) is 0 Å². The first-order valence-electron chi connectivity index (χ1n) is 8.01. The molecule has 2 atom stereocenters. The Bertz CT molecular complexity index is 578. The molecule has 0 aromatic heterocycles. The molecule has 2 unspecified atom stereocenters. The summed E-state index contributed by atoms with van der Waals surface area (Å²) < 4.78 is 15.9. The molecule has 2 heterocycles. The third-order valence-electron chi connectivity index (χ3n) is 4.76. The zero-order chi connectivity index (χ0) is 16.4. The number of ether oxygens (including phenoxy) is 3. The van der Waals surface area contributed by atoms with Gasteiger partial charge >= 0.3 is 0 Å². The van der Waals surface area contributed by atoms with Gasteiger partial charge in [-0.05, 0) is 25.7 Å². The quantitative estimate of drug-likeness (QED) is 0.865. The van der Waals surface area contributed by atoms with Crippen LogP contribution in [0.1, 0.15) is 36.0 Å². The van der Waals surface area contributed by atoms with Gasteiger partial charge in [-0.3, -0.25) is 4.79 Å². The van der Waals surface area contributed by atoms with E-state index >= 15 is 0 Å². The minimum Gasteiger partial charge on any atom is -0.496 e. The van der Waals surface area contributed by atoms with Crippen LogP contribution >= 0.6 is 0 Å². The fraction of sp³-hybridized carbons (Fsp3) is 0.588. The highest BCUT2D eigenvalue weighted by Crippen LogP contribution is 2.35. The van der Waals surface area contributed by atoms with E-state index in [-0.39, 0.29) is 11.9 Å². The van der Waals surface area contributed by atoms with E-state index in [4.69, 9.17) is 14.2 Å². The van der Waals surface area contributed by atoms with Gasteiger partial charge in [-0.25, -0.2) is 0 Å². The number of nitrogens with one attached hydrogen (secondary N) is 2. The third kappa shape index (κ3) is 3.22. The minimum absolute atomic E-state index is 0.130. The number of carbonyl (C=O) groups excluding carboxylic acids is 1. The summed E-state index contributed by atoms with van der Waals surface area (Å²) in [5, 5.41) is 6.72. The number of benzene rings is 1. The molecular formula is C17H24N2O4. The van der Waals surface area contributed by atoms with Gasteiger partial charge in [0.15, 0.2) is 11.5 Å². The Hall–Kier alpha value is -1.95. The number of carbonyl (C=O) groups is 1. The van der Waals surface area contributed by atoms with Crippen LogP contribution < -0.4 is 24.8 Å². The number of piperidine rings is 1. The summed E-state index contributed by atoms with van der Waals surface area (Å²) in [6, 6.07) is 4.62. The average molecular weight is 320 g/mol. The van der Waals surface area contributed by atoms with Gasteiger partial charge in [0.1, 0.15) is 5.75 Å². The molecule has 2 aliphatic heterocycles. The summed E-state index contributed by atoms with van der Waals surface area (Å²) >= 11 is 0. The highest BCUT2D eigenvalue weighted by Gasteiger charge is 2.34. The summed E-state index contributed by atoms with van der Waals surface area (Å²) in [6.45, 7) is 0.